The minimum atomic E-state index is -0.370. The van der Waals surface area contributed by atoms with Crippen LogP contribution in [-0.2, 0) is 11.2 Å². The summed E-state index contributed by atoms with van der Waals surface area (Å²) < 4.78 is 0. The van der Waals surface area contributed by atoms with E-state index >= 15 is 0 Å². The van der Waals surface area contributed by atoms with E-state index in [0.29, 0.717) is 28.2 Å². The topological polar surface area (TPSA) is 79.4 Å². The summed E-state index contributed by atoms with van der Waals surface area (Å²) in [5, 5.41) is 5.56. The molecule has 0 radical (unpaired) electrons. The monoisotopic (exact) mass is 439 g/mol. The molecule has 2 heterocycles. The standard InChI is InChI=1S/C25H17N3O3S/c29-22(14-18-15-32-23(27-18)16-7-2-1-3-8-16)26-17-9-6-10-19(13-17)28-24(30)20-11-4-5-12-21(20)25(28)31/h1-13,15H,14H2,(H,26,29). The lowest BCUT2D eigenvalue weighted by molar-refractivity contribution is -0.115. The third kappa shape index (κ3) is 3.70. The predicted molar refractivity (Wildman–Crippen MR) is 124 cm³/mol. The largest absolute Gasteiger partial charge is 0.326 e. The van der Waals surface area contributed by atoms with Crippen LogP contribution in [0.2, 0.25) is 0 Å². The van der Waals surface area contributed by atoms with Crippen LogP contribution in [0.4, 0.5) is 11.4 Å². The molecule has 5 rings (SSSR count). The van der Waals surface area contributed by atoms with Gasteiger partial charge in [-0.25, -0.2) is 9.88 Å². The maximum atomic E-state index is 12.7. The average Bonchev–Trinajstić information content (AvgIpc) is 3.37. The highest BCUT2D eigenvalue weighted by Crippen LogP contribution is 2.30. The number of benzene rings is 3. The molecule has 0 saturated carbocycles. The summed E-state index contributed by atoms with van der Waals surface area (Å²) in [6, 6.07) is 23.2. The highest BCUT2D eigenvalue weighted by atomic mass is 32.1. The first kappa shape index (κ1) is 19.8. The second-order valence-electron chi connectivity index (χ2n) is 7.28. The number of carbonyl (C=O) groups excluding carboxylic acids is 3. The molecule has 0 fully saturated rings. The van der Waals surface area contributed by atoms with E-state index in [9.17, 15) is 14.4 Å². The van der Waals surface area contributed by atoms with Crippen LogP contribution in [-0.4, -0.2) is 22.7 Å². The normalized spacial score (nSPS) is 12.7. The lowest BCUT2D eigenvalue weighted by atomic mass is 10.1. The fourth-order valence-corrected chi connectivity index (χ4v) is 4.44. The zero-order chi connectivity index (χ0) is 22.1. The Bertz CT molecular complexity index is 1310. The van der Waals surface area contributed by atoms with Gasteiger partial charge in [0.15, 0.2) is 0 Å². The van der Waals surface area contributed by atoms with Crippen molar-refractivity contribution in [1.82, 2.24) is 4.98 Å². The molecule has 1 aliphatic rings. The highest BCUT2D eigenvalue weighted by molar-refractivity contribution is 7.13. The first-order chi connectivity index (χ1) is 15.6. The summed E-state index contributed by atoms with van der Waals surface area (Å²) in [4.78, 5) is 43.7. The van der Waals surface area contributed by atoms with Crippen LogP contribution in [0.25, 0.3) is 10.6 Å². The number of carbonyl (C=O) groups is 3. The van der Waals surface area contributed by atoms with Gasteiger partial charge in [-0.15, -0.1) is 11.3 Å². The Kier molecular flexibility index (Phi) is 5.09. The molecule has 1 aromatic heterocycles. The summed E-state index contributed by atoms with van der Waals surface area (Å²) in [6.45, 7) is 0. The van der Waals surface area contributed by atoms with Gasteiger partial charge in [-0.3, -0.25) is 14.4 Å². The van der Waals surface area contributed by atoms with Crippen LogP contribution < -0.4 is 10.2 Å². The number of nitrogens with one attached hydrogen (secondary N) is 1. The van der Waals surface area contributed by atoms with Gasteiger partial charge >= 0.3 is 0 Å². The number of anilines is 2. The SMILES string of the molecule is O=C(Cc1csc(-c2ccccc2)n1)Nc1cccc(N2C(=O)c3ccccc3C2=O)c1. The van der Waals surface area contributed by atoms with Crippen LogP contribution in [0.15, 0.2) is 84.2 Å². The number of aromatic nitrogens is 1. The number of hydrogen-bond donors (Lipinski definition) is 1. The maximum Gasteiger partial charge on any atom is 0.266 e. The van der Waals surface area contributed by atoms with Crippen LogP contribution >= 0.6 is 11.3 Å². The minimum Gasteiger partial charge on any atom is -0.326 e. The van der Waals surface area contributed by atoms with Gasteiger partial charge in [-0.2, -0.15) is 0 Å². The van der Waals surface area contributed by atoms with E-state index in [1.807, 2.05) is 35.7 Å². The molecule has 0 aliphatic carbocycles. The molecule has 1 N–H and O–H groups in total. The van der Waals surface area contributed by atoms with Crippen molar-refractivity contribution < 1.29 is 14.4 Å². The number of amides is 3. The van der Waals surface area contributed by atoms with Gasteiger partial charge in [0.1, 0.15) is 5.01 Å². The van der Waals surface area contributed by atoms with Gasteiger partial charge < -0.3 is 5.32 Å². The molecule has 7 heteroatoms. The average molecular weight is 439 g/mol. The first-order valence-corrected chi connectivity index (χ1v) is 10.9. The lowest BCUT2D eigenvalue weighted by Crippen LogP contribution is -2.29. The molecule has 0 saturated heterocycles. The molecule has 0 atom stereocenters. The quantitative estimate of drug-likeness (QED) is 0.454. The van der Waals surface area contributed by atoms with Crippen molar-refractivity contribution in [3.63, 3.8) is 0 Å². The van der Waals surface area contributed by atoms with Crippen molar-refractivity contribution in [2.24, 2.45) is 0 Å². The third-order valence-electron chi connectivity index (χ3n) is 5.10. The highest BCUT2D eigenvalue weighted by Gasteiger charge is 2.36. The van der Waals surface area contributed by atoms with Gasteiger partial charge in [0.05, 0.1) is 28.9 Å². The van der Waals surface area contributed by atoms with E-state index < -0.39 is 0 Å². The number of rotatable bonds is 5. The number of nitrogens with zero attached hydrogens (tertiary/aromatic N) is 2. The molecule has 4 aromatic rings. The van der Waals surface area contributed by atoms with Crippen LogP contribution in [0, 0.1) is 0 Å². The van der Waals surface area contributed by atoms with Crippen molar-refractivity contribution >= 4 is 40.4 Å². The van der Waals surface area contributed by atoms with E-state index in [1.54, 1.807) is 48.5 Å². The van der Waals surface area contributed by atoms with E-state index in [2.05, 4.69) is 10.3 Å². The summed E-state index contributed by atoms with van der Waals surface area (Å²) in [5.74, 6) is -0.968. The number of fused-ring (bicyclic) bond motifs is 1. The zero-order valence-corrected chi connectivity index (χ0v) is 17.6. The van der Waals surface area contributed by atoms with Crippen LogP contribution in [0.5, 0.6) is 0 Å². The second kappa shape index (κ2) is 8.20. The molecule has 3 aromatic carbocycles. The third-order valence-corrected chi connectivity index (χ3v) is 6.04. The number of imide groups is 1. The fourth-order valence-electron chi connectivity index (χ4n) is 3.62. The van der Waals surface area contributed by atoms with Gasteiger partial charge in [0.25, 0.3) is 11.8 Å². The van der Waals surface area contributed by atoms with E-state index in [0.717, 1.165) is 15.5 Å². The Morgan fingerprint density at radius 3 is 2.28 bits per heavy atom. The van der Waals surface area contributed by atoms with Crippen molar-refractivity contribution in [1.29, 1.82) is 0 Å². The Labute approximate surface area is 188 Å². The summed E-state index contributed by atoms with van der Waals surface area (Å²) in [6.07, 6.45) is 0.126. The summed E-state index contributed by atoms with van der Waals surface area (Å²) in [7, 11) is 0. The number of hydrogen-bond acceptors (Lipinski definition) is 5. The fraction of sp³-hybridized carbons (Fsp3) is 0.0400. The second-order valence-corrected chi connectivity index (χ2v) is 8.13. The Hall–Kier alpha value is -4.10. The molecule has 156 valence electrons. The first-order valence-electron chi connectivity index (χ1n) is 9.98. The molecule has 1 aliphatic heterocycles. The molecular formula is C25H17N3O3S. The predicted octanol–water partition coefficient (Wildman–Crippen LogP) is 4.79. The van der Waals surface area contributed by atoms with Gasteiger partial charge in [-0.1, -0.05) is 48.5 Å². The van der Waals surface area contributed by atoms with Gasteiger partial charge in [0.2, 0.25) is 5.91 Å². The van der Waals surface area contributed by atoms with Crippen LogP contribution in [0.3, 0.4) is 0 Å². The summed E-state index contributed by atoms with van der Waals surface area (Å²) >= 11 is 1.49. The van der Waals surface area contributed by atoms with Crippen molar-refractivity contribution in [2.75, 3.05) is 10.2 Å². The van der Waals surface area contributed by atoms with Crippen molar-refractivity contribution in [3.05, 3.63) is 101 Å². The number of thiazole rings is 1. The van der Waals surface area contributed by atoms with Gasteiger partial charge in [-0.05, 0) is 30.3 Å². The van der Waals surface area contributed by atoms with E-state index in [-0.39, 0.29) is 24.1 Å². The molecule has 0 spiro atoms. The molecule has 3 amide bonds. The molecule has 0 bridgehead atoms. The molecule has 6 nitrogen and oxygen atoms in total. The zero-order valence-electron chi connectivity index (χ0n) is 16.8. The smallest absolute Gasteiger partial charge is 0.266 e. The van der Waals surface area contributed by atoms with Gasteiger partial charge in [0, 0.05) is 16.6 Å². The molecule has 32 heavy (non-hydrogen) atoms. The van der Waals surface area contributed by atoms with Crippen LogP contribution in [0.1, 0.15) is 26.4 Å². The molecule has 0 unspecified atom stereocenters. The lowest BCUT2D eigenvalue weighted by Gasteiger charge is -2.15. The van der Waals surface area contributed by atoms with Crippen molar-refractivity contribution in [2.45, 2.75) is 6.42 Å². The van der Waals surface area contributed by atoms with Crippen molar-refractivity contribution in [3.8, 4) is 10.6 Å². The maximum absolute atomic E-state index is 12.7. The van der Waals surface area contributed by atoms with E-state index in [4.69, 9.17) is 0 Å². The summed E-state index contributed by atoms with van der Waals surface area (Å²) in [5.41, 5.74) is 3.37. The molecular weight excluding hydrogens is 422 g/mol. The Morgan fingerprint density at radius 1 is 0.875 bits per heavy atom. The Balaban J connectivity index is 1.30. The minimum absolute atomic E-state index is 0.126. The Morgan fingerprint density at radius 2 is 1.56 bits per heavy atom. The van der Waals surface area contributed by atoms with E-state index in [1.165, 1.54) is 11.3 Å².